The van der Waals surface area contributed by atoms with Gasteiger partial charge in [-0.2, -0.15) is 0 Å². The molecule has 22 heavy (non-hydrogen) atoms. The van der Waals surface area contributed by atoms with Crippen molar-refractivity contribution in [2.45, 2.75) is 31.3 Å². The Morgan fingerprint density at radius 1 is 1.18 bits per heavy atom. The highest BCUT2D eigenvalue weighted by Crippen LogP contribution is 2.33. The third-order valence-electron chi connectivity index (χ3n) is 4.39. The van der Waals surface area contributed by atoms with Crippen LogP contribution in [0.1, 0.15) is 29.9 Å². The van der Waals surface area contributed by atoms with Crippen molar-refractivity contribution >= 4 is 5.91 Å². The molecule has 1 aromatic carbocycles. The van der Waals surface area contributed by atoms with Gasteiger partial charge < -0.3 is 5.73 Å². The van der Waals surface area contributed by atoms with Crippen molar-refractivity contribution in [1.82, 2.24) is 9.88 Å². The minimum absolute atomic E-state index is 0.175. The number of pyridine rings is 1. The van der Waals surface area contributed by atoms with Gasteiger partial charge in [0.1, 0.15) is 0 Å². The molecule has 2 atom stereocenters. The number of primary amides is 1. The number of nitrogens with two attached hydrogens (primary N) is 1. The molecule has 2 aromatic rings. The van der Waals surface area contributed by atoms with Gasteiger partial charge in [0.05, 0.1) is 6.04 Å². The van der Waals surface area contributed by atoms with Gasteiger partial charge in [0, 0.05) is 24.9 Å². The van der Waals surface area contributed by atoms with Crippen LogP contribution in [0, 0.1) is 0 Å². The SMILES string of the molecule is NC(=O)C1C(c2ccccc2)CCCN1Cc1ccncc1. The van der Waals surface area contributed by atoms with Crippen molar-refractivity contribution < 1.29 is 4.79 Å². The molecule has 0 saturated carbocycles. The van der Waals surface area contributed by atoms with Gasteiger partial charge in [0.15, 0.2) is 0 Å². The van der Waals surface area contributed by atoms with Crippen LogP contribution in [-0.4, -0.2) is 28.4 Å². The summed E-state index contributed by atoms with van der Waals surface area (Å²) in [5.74, 6) is -0.0584. The lowest BCUT2D eigenvalue weighted by Gasteiger charge is -2.39. The minimum Gasteiger partial charge on any atom is -0.368 e. The Morgan fingerprint density at radius 3 is 2.59 bits per heavy atom. The number of carbonyl (C=O) groups is 1. The molecule has 1 saturated heterocycles. The van der Waals surface area contributed by atoms with Crippen LogP contribution in [0.15, 0.2) is 54.9 Å². The molecule has 2 heterocycles. The summed E-state index contributed by atoms with van der Waals surface area (Å²) in [6, 6.07) is 14.0. The van der Waals surface area contributed by atoms with E-state index in [4.69, 9.17) is 5.73 Å². The van der Waals surface area contributed by atoms with E-state index in [9.17, 15) is 4.79 Å². The number of hydrogen-bond acceptors (Lipinski definition) is 3. The average Bonchev–Trinajstić information content (AvgIpc) is 2.56. The van der Waals surface area contributed by atoms with E-state index in [2.05, 4.69) is 22.0 Å². The minimum atomic E-state index is -0.246. The van der Waals surface area contributed by atoms with Crippen LogP contribution in [0.25, 0.3) is 0 Å². The number of likely N-dealkylation sites (tertiary alicyclic amines) is 1. The quantitative estimate of drug-likeness (QED) is 0.941. The molecule has 4 nitrogen and oxygen atoms in total. The maximum atomic E-state index is 12.1. The molecule has 1 amide bonds. The monoisotopic (exact) mass is 295 g/mol. The molecule has 0 radical (unpaired) electrons. The lowest BCUT2D eigenvalue weighted by Crippen LogP contribution is -2.51. The van der Waals surface area contributed by atoms with Crippen molar-refractivity contribution in [3.63, 3.8) is 0 Å². The molecular weight excluding hydrogens is 274 g/mol. The van der Waals surface area contributed by atoms with Crippen LogP contribution in [0.4, 0.5) is 0 Å². The summed E-state index contributed by atoms with van der Waals surface area (Å²) in [4.78, 5) is 18.4. The van der Waals surface area contributed by atoms with E-state index in [1.165, 1.54) is 5.56 Å². The van der Waals surface area contributed by atoms with E-state index in [0.717, 1.165) is 31.5 Å². The summed E-state index contributed by atoms with van der Waals surface area (Å²) in [5.41, 5.74) is 8.11. The first-order valence-corrected chi connectivity index (χ1v) is 7.73. The molecule has 1 aliphatic rings. The van der Waals surface area contributed by atoms with Crippen molar-refractivity contribution in [3.8, 4) is 0 Å². The number of hydrogen-bond donors (Lipinski definition) is 1. The number of carbonyl (C=O) groups excluding carboxylic acids is 1. The molecular formula is C18H21N3O. The molecule has 2 N–H and O–H groups in total. The number of aromatic nitrogens is 1. The molecule has 0 spiro atoms. The first-order valence-electron chi connectivity index (χ1n) is 7.73. The fourth-order valence-electron chi connectivity index (χ4n) is 3.39. The summed E-state index contributed by atoms with van der Waals surface area (Å²) >= 11 is 0. The highest BCUT2D eigenvalue weighted by atomic mass is 16.1. The molecule has 0 bridgehead atoms. The van der Waals surface area contributed by atoms with Gasteiger partial charge in [0.25, 0.3) is 0 Å². The summed E-state index contributed by atoms with van der Waals surface area (Å²) < 4.78 is 0. The van der Waals surface area contributed by atoms with Gasteiger partial charge in [-0.05, 0) is 42.6 Å². The average molecular weight is 295 g/mol. The normalized spacial score (nSPS) is 22.4. The maximum Gasteiger partial charge on any atom is 0.235 e. The topological polar surface area (TPSA) is 59.2 Å². The lowest BCUT2D eigenvalue weighted by molar-refractivity contribution is -0.125. The molecule has 2 unspecified atom stereocenters. The van der Waals surface area contributed by atoms with Crippen LogP contribution in [0.2, 0.25) is 0 Å². The summed E-state index contributed by atoms with van der Waals surface area (Å²) in [6.07, 6.45) is 5.65. The summed E-state index contributed by atoms with van der Waals surface area (Å²) in [5, 5.41) is 0. The lowest BCUT2D eigenvalue weighted by atomic mass is 9.83. The van der Waals surface area contributed by atoms with E-state index in [-0.39, 0.29) is 17.9 Å². The third kappa shape index (κ3) is 3.17. The predicted molar refractivity (Wildman–Crippen MR) is 86.0 cm³/mol. The van der Waals surface area contributed by atoms with Gasteiger partial charge in [-0.15, -0.1) is 0 Å². The molecule has 3 rings (SSSR count). The van der Waals surface area contributed by atoms with Gasteiger partial charge in [-0.3, -0.25) is 14.7 Å². The van der Waals surface area contributed by atoms with Crippen molar-refractivity contribution in [2.75, 3.05) is 6.54 Å². The first-order chi connectivity index (χ1) is 10.8. The zero-order valence-electron chi connectivity index (χ0n) is 12.6. The Bertz CT molecular complexity index is 615. The van der Waals surface area contributed by atoms with E-state index in [0.29, 0.717) is 0 Å². The molecule has 0 aliphatic carbocycles. The predicted octanol–water partition coefficient (Wildman–Crippen LogP) is 2.32. The molecule has 4 heteroatoms. The first kappa shape index (κ1) is 14.7. The van der Waals surface area contributed by atoms with Gasteiger partial charge in [0.2, 0.25) is 5.91 Å². The second-order valence-corrected chi connectivity index (χ2v) is 5.83. The Balaban J connectivity index is 1.85. The molecule has 114 valence electrons. The van der Waals surface area contributed by atoms with Crippen molar-refractivity contribution in [1.29, 1.82) is 0 Å². The molecule has 1 aromatic heterocycles. The van der Waals surface area contributed by atoms with Gasteiger partial charge in [-0.1, -0.05) is 30.3 Å². The van der Waals surface area contributed by atoms with Crippen molar-refractivity contribution in [3.05, 3.63) is 66.0 Å². The Labute approximate surface area is 131 Å². The smallest absolute Gasteiger partial charge is 0.235 e. The number of amides is 1. The number of benzene rings is 1. The van der Waals surface area contributed by atoms with Gasteiger partial charge >= 0.3 is 0 Å². The van der Waals surface area contributed by atoms with Crippen LogP contribution < -0.4 is 5.73 Å². The summed E-state index contributed by atoms with van der Waals surface area (Å²) in [6.45, 7) is 1.64. The highest BCUT2D eigenvalue weighted by Gasteiger charge is 2.36. The van der Waals surface area contributed by atoms with Crippen LogP contribution in [0.3, 0.4) is 0 Å². The largest absolute Gasteiger partial charge is 0.368 e. The number of nitrogens with zero attached hydrogens (tertiary/aromatic N) is 2. The fraction of sp³-hybridized carbons (Fsp3) is 0.333. The highest BCUT2D eigenvalue weighted by molar-refractivity contribution is 5.81. The van der Waals surface area contributed by atoms with E-state index in [1.54, 1.807) is 12.4 Å². The van der Waals surface area contributed by atoms with Crippen LogP contribution in [0.5, 0.6) is 0 Å². The molecule has 1 fully saturated rings. The van der Waals surface area contributed by atoms with Crippen LogP contribution in [-0.2, 0) is 11.3 Å². The van der Waals surface area contributed by atoms with Gasteiger partial charge in [-0.25, -0.2) is 0 Å². The van der Waals surface area contributed by atoms with E-state index >= 15 is 0 Å². The number of rotatable bonds is 4. The Hall–Kier alpha value is -2.20. The Morgan fingerprint density at radius 2 is 1.91 bits per heavy atom. The second-order valence-electron chi connectivity index (χ2n) is 5.83. The third-order valence-corrected chi connectivity index (χ3v) is 4.39. The second kappa shape index (κ2) is 6.71. The number of piperidine rings is 1. The van der Waals surface area contributed by atoms with Crippen LogP contribution >= 0.6 is 0 Å². The maximum absolute atomic E-state index is 12.1. The van der Waals surface area contributed by atoms with Crippen molar-refractivity contribution in [2.24, 2.45) is 5.73 Å². The Kier molecular flexibility index (Phi) is 4.49. The standard InChI is InChI=1S/C18H21N3O/c19-18(22)17-16(15-5-2-1-3-6-15)7-4-12-21(17)13-14-8-10-20-11-9-14/h1-3,5-6,8-11,16-17H,4,7,12-13H2,(H2,19,22). The zero-order valence-corrected chi connectivity index (χ0v) is 12.6. The molecule has 1 aliphatic heterocycles. The van der Waals surface area contributed by atoms with E-state index in [1.807, 2.05) is 30.3 Å². The summed E-state index contributed by atoms with van der Waals surface area (Å²) in [7, 11) is 0. The van der Waals surface area contributed by atoms with E-state index < -0.39 is 0 Å². The fourth-order valence-corrected chi connectivity index (χ4v) is 3.39. The zero-order chi connectivity index (χ0) is 15.4.